The first kappa shape index (κ1) is 18.5. The highest BCUT2D eigenvalue weighted by Gasteiger charge is 2.21. The first-order chi connectivity index (χ1) is 14.0. The number of amides is 1. The van der Waals surface area contributed by atoms with E-state index in [0.29, 0.717) is 28.3 Å². The topological polar surface area (TPSA) is 80.3 Å². The smallest absolute Gasteiger partial charge is 0.255 e. The lowest BCUT2D eigenvalue weighted by Gasteiger charge is -2.06. The molecule has 6 nitrogen and oxygen atoms in total. The maximum Gasteiger partial charge on any atom is 0.255 e. The molecule has 0 radical (unpaired) electrons. The van der Waals surface area contributed by atoms with Gasteiger partial charge in [0.25, 0.3) is 5.91 Å². The Morgan fingerprint density at radius 2 is 1.97 bits per heavy atom. The third kappa shape index (κ3) is 3.89. The zero-order valence-corrected chi connectivity index (χ0v) is 15.6. The van der Waals surface area contributed by atoms with Crippen molar-refractivity contribution in [1.29, 1.82) is 0 Å². The highest BCUT2D eigenvalue weighted by atomic mass is 19.1. The van der Waals surface area contributed by atoms with E-state index in [1.54, 1.807) is 29.1 Å². The average molecular weight is 391 g/mol. The molecule has 2 aromatic heterocycles. The van der Waals surface area contributed by atoms with Gasteiger partial charge in [-0.15, -0.1) is 0 Å². The number of phenols is 1. The third-order valence-electron chi connectivity index (χ3n) is 4.42. The van der Waals surface area contributed by atoms with Gasteiger partial charge in [-0.25, -0.2) is 9.07 Å². The second kappa shape index (κ2) is 7.63. The Balaban J connectivity index is 1.64. The van der Waals surface area contributed by atoms with E-state index in [1.807, 2.05) is 37.3 Å². The van der Waals surface area contributed by atoms with Crippen molar-refractivity contribution in [2.45, 2.75) is 13.5 Å². The van der Waals surface area contributed by atoms with Gasteiger partial charge in [0.05, 0.1) is 11.3 Å². The molecule has 0 fully saturated rings. The first-order valence-corrected chi connectivity index (χ1v) is 8.99. The zero-order valence-electron chi connectivity index (χ0n) is 15.6. The number of rotatable bonds is 5. The number of para-hydroxylation sites is 1. The van der Waals surface area contributed by atoms with E-state index in [-0.39, 0.29) is 12.5 Å². The van der Waals surface area contributed by atoms with Crippen LogP contribution in [0.15, 0.2) is 71.3 Å². The van der Waals surface area contributed by atoms with E-state index in [9.17, 15) is 14.3 Å². The Morgan fingerprint density at radius 3 is 2.66 bits per heavy atom. The Labute approximate surface area is 166 Å². The Hall–Kier alpha value is -3.87. The Kier molecular flexibility index (Phi) is 4.87. The molecule has 0 atom stereocenters. The molecule has 0 bridgehead atoms. The summed E-state index contributed by atoms with van der Waals surface area (Å²) in [6.45, 7) is 1.92. The number of phenolic OH excluding ortho intramolecular Hbond substituents is 1. The molecule has 0 aliphatic rings. The minimum atomic E-state index is -0.736. The lowest BCUT2D eigenvalue weighted by atomic mass is 10.1. The van der Waals surface area contributed by atoms with Crippen molar-refractivity contribution in [2.75, 3.05) is 0 Å². The fraction of sp³-hybridized carbons (Fsp3) is 0.0909. The molecule has 4 rings (SSSR count). The van der Waals surface area contributed by atoms with Crippen LogP contribution >= 0.6 is 0 Å². The molecule has 7 heteroatoms. The normalized spacial score (nSPS) is 10.8. The maximum absolute atomic E-state index is 13.5. The molecule has 0 saturated heterocycles. The average Bonchev–Trinajstić information content (AvgIpc) is 3.36. The maximum atomic E-state index is 13.5. The van der Waals surface area contributed by atoms with Crippen molar-refractivity contribution in [3.05, 3.63) is 89.6 Å². The summed E-state index contributed by atoms with van der Waals surface area (Å²) >= 11 is 0. The second-order valence-corrected chi connectivity index (χ2v) is 6.55. The van der Waals surface area contributed by atoms with Crippen LogP contribution in [0.2, 0.25) is 0 Å². The third-order valence-corrected chi connectivity index (χ3v) is 4.42. The molecule has 4 aromatic rings. The Morgan fingerprint density at radius 1 is 1.17 bits per heavy atom. The number of nitrogens with one attached hydrogen (secondary N) is 1. The standard InChI is InChI=1S/C22H18FN3O3/c1-14-7-10-20(29-14)21-17(13-26(25-21)16-5-3-2-4-6-16)22(28)24-12-15-8-9-19(27)18(23)11-15/h2-11,13,27H,12H2,1H3,(H,24,28). The molecule has 0 aliphatic carbocycles. The number of halogens is 1. The number of nitrogens with zero attached hydrogens (tertiary/aromatic N) is 2. The van der Waals surface area contributed by atoms with Gasteiger partial charge in [-0.05, 0) is 48.9 Å². The number of hydrogen-bond donors (Lipinski definition) is 2. The van der Waals surface area contributed by atoms with E-state index < -0.39 is 11.6 Å². The molecule has 0 spiro atoms. The molecule has 0 unspecified atom stereocenters. The van der Waals surface area contributed by atoms with Crippen molar-refractivity contribution < 1.29 is 18.7 Å². The number of hydrogen-bond acceptors (Lipinski definition) is 4. The van der Waals surface area contributed by atoms with Gasteiger partial charge in [0.1, 0.15) is 11.5 Å². The van der Waals surface area contributed by atoms with Gasteiger partial charge >= 0.3 is 0 Å². The molecule has 0 aliphatic heterocycles. The molecular formula is C22H18FN3O3. The number of furan rings is 1. The van der Waals surface area contributed by atoms with E-state index in [1.165, 1.54) is 12.1 Å². The summed E-state index contributed by atoms with van der Waals surface area (Å²) in [7, 11) is 0. The van der Waals surface area contributed by atoms with Crippen LogP contribution in [0.3, 0.4) is 0 Å². The summed E-state index contributed by atoms with van der Waals surface area (Å²) in [6.07, 6.45) is 1.63. The number of aryl methyl sites for hydroxylation is 1. The fourth-order valence-corrected chi connectivity index (χ4v) is 2.93. The number of carbonyl (C=O) groups is 1. The SMILES string of the molecule is Cc1ccc(-c2nn(-c3ccccc3)cc2C(=O)NCc2ccc(O)c(F)c2)o1. The highest BCUT2D eigenvalue weighted by Crippen LogP contribution is 2.26. The molecule has 29 heavy (non-hydrogen) atoms. The van der Waals surface area contributed by atoms with Gasteiger partial charge in [-0.3, -0.25) is 4.79 Å². The lowest BCUT2D eigenvalue weighted by molar-refractivity contribution is 0.0951. The van der Waals surface area contributed by atoms with Crippen molar-refractivity contribution in [3.63, 3.8) is 0 Å². The minimum Gasteiger partial charge on any atom is -0.505 e. The van der Waals surface area contributed by atoms with Crippen LogP contribution in [0.4, 0.5) is 4.39 Å². The number of aromatic hydroxyl groups is 1. The van der Waals surface area contributed by atoms with Crippen molar-refractivity contribution in [1.82, 2.24) is 15.1 Å². The largest absolute Gasteiger partial charge is 0.505 e. The predicted molar refractivity (Wildman–Crippen MR) is 105 cm³/mol. The number of benzene rings is 2. The summed E-state index contributed by atoms with van der Waals surface area (Å²) in [4.78, 5) is 12.9. The van der Waals surface area contributed by atoms with Crippen LogP contribution in [0, 0.1) is 12.7 Å². The molecule has 2 aromatic carbocycles. The molecule has 146 valence electrons. The van der Waals surface area contributed by atoms with Gasteiger partial charge in [-0.1, -0.05) is 24.3 Å². The highest BCUT2D eigenvalue weighted by molar-refractivity contribution is 5.99. The van der Waals surface area contributed by atoms with Gasteiger partial charge in [0, 0.05) is 12.7 Å². The number of aromatic nitrogens is 2. The molecular weight excluding hydrogens is 373 g/mol. The van der Waals surface area contributed by atoms with E-state index in [2.05, 4.69) is 10.4 Å². The first-order valence-electron chi connectivity index (χ1n) is 8.99. The van der Waals surface area contributed by atoms with E-state index >= 15 is 0 Å². The van der Waals surface area contributed by atoms with Crippen molar-refractivity contribution >= 4 is 5.91 Å². The van der Waals surface area contributed by atoms with Gasteiger partial charge in [-0.2, -0.15) is 5.10 Å². The monoisotopic (exact) mass is 391 g/mol. The summed E-state index contributed by atoms with van der Waals surface area (Å²) in [5, 5.41) is 16.6. The summed E-state index contributed by atoms with van der Waals surface area (Å²) in [5.74, 6) is -0.344. The van der Waals surface area contributed by atoms with Crippen molar-refractivity contribution in [2.24, 2.45) is 0 Å². The van der Waals surface area contributed by atoms with Gasteiger partial charge < -0.3 is 14.8 Å². The van der Waals surface area contributed by atoms with Crippen LogP contribution in [0.25, 0.3) is 17.1 Å². The summed E-state index contributed by atoms with van der Waals surface area (Å²) in [5.41, 5.74) is 2.08. The molecule has 1 amide bonds. The van der Waals surface area contributed by atoms with Crippen molar-refractivity contribution in [3.8, 4) is 22.9 Å². The summed E-state index contributed by atoms with van der Waals surface area (Å²) < 4.78 is 20.8. The van der Waals surface area contributed by atoms with Crippen LogP contribution in [-0.2, 0) is 6.54 Å². The molecule has 0 saturated carbocycles. The van der Waals surface area contributed by atoms with Crippen LogP contribution in [0.1, 0.15) is 21.7 Å². The quantitative estimate of drug-likeness (QED) is 0.534. The van der Waals surface area contributed by atoms with Gasteiger partial charge in [0.2, 0.25) is 0 Å². The van der Waals surface area contributed by atoms with E-state index in [4.69, 9.17) is 4.42 Å². The second-order valence-electron chi connectivity index (χ2n) is 6.55. The zero-order chi connectivity index (χ0) is 20.4. The van der Waals surface area contributed by atoms with Crippen LogP contribution < -0.4 is 5.32 Å². The predicted octanol–water partition coefficient (Wildman–Crippen LogP) is 4.22. The summed E-state index contributed by atoms with van der Waals surface area (Å²) in [6, 6.07) is 17.0. The van der Waals surface area contributed by atoms with Crippen LogP contribution in [0.5, 0.6) is 5.75 Å². The van der Waals surface area contributed by atoms with Crippen LogP contribution in [-0.4, -0.2) is 20.8 Å². The minimum absolute atomic E-state index is 0.100. The lowest BCUT2D eigenvalue weighted by Crippen LogP contribution is -2.23. The van der Waals surface area contributed by atoms with Gasteiger partial charge in [0.15, 0.2) is 17.3 Å². The number of carbonyl (C=O) groups excluding carboxylic acids is 1. The Bertz CT molecular complexity index is 1170. The molecule has 2 heterocycles. The molecule has 2 N–H and O–H groups in total. The van der Waals surface area contributed by atoms with E-state index in [0.717, 1.165) is 5.69 Å². The fourth-order valence-electron chi connectivity index (χ4n) is 2.93.